The first-order valence-corrected chi connectivity index (χ1v) is 12.4. The van der Waals surface area contributed by atoms with E-state index < -0.39 is 0 Å². The molecular weight excluding hydrogens is 434 g/mol. The van der Waals surface area contributed by atoms with Crippen molar-refractivity contribution in [3.63, 3.8) is 0 Å². The van der Waals surface area contributed by atoms with E-state index in [0.29, 0.717) is 6.54 Å². The minimum Gasteiger partial charge on any atom is -0.469 e. The van der Waals surface area contributed by atoms with Crippen LogP contribution in [-0.2, 0) is 28.9 Å². The number of urea groups is 1. The lowest BCUT2D eigenvalue weighted by molar-refractivity contribution is -0.140. The number of benzene rings is 1. The number of methoxy groups -OCH3 is 1. The van der Waals surface area contributed by atoms with Gasteiger partial charge < -0.3 is 19.5 Å². The van der Waals surface area contributed by atoms with Crippen molar-refractivity contribution < 1.29 is 14.3 Å². The summed E-state index contributed by atoms with van der Waals surface area (Å²) in [6.07, 6.45) is 6.90. The lowest BCUT2D eigenvalue weighted by Crippen LogP contribution is -2.42. The summed E-state index contributed by atoms with van der Waals surface area (Å²) in [6, 6.07) is 12.2. The van der Waals surface area contributed by atoms with E-state index in [2.05, 4.69) is 59.4 Å². The number of esters is 1. The van der Waals surface area contributed by atoms with Gasteiger partial charge in [0.05, 0.1) is 31.8 Å². The molecule has 7 heteroatoms. The number of nitrogens with zero attached hydrogens (tertiary/aromatic N) is 2. The van der Waals surface area contributed by atoms with Crippen molar-refractivity contribution in [3.8, 4) is 5.00 Å². The minimum atomic E-state index is -0.329. The molecule has 2 aromatic heterocycles. The van der Waals surface area contributed by atoms with Crippen LogP contribution in [-0.4, -0.2) is 35.1 Å². The normalized spacial score (nSPS) is 16.9. The maximum Gasteiger partial charge on any atom is 0.318 e. The van der Waals surface area contributed by atoms with E-state index in [0.717, 1.165) is 24.1 Å². The van der Waals surface area contributed by atoms with Gasteiger partial charge >= 0.3 is 12.0 Å². The third-order valence-corrected chi connectivity index (χ3v) is 8.00. The van der Waals surface area contributed by atoms with Crippen LogP contribution in [0.4, 0.5) is 4.79 Å². The second kappa shape index (κ2) is 9.06. The van der Waals surface area contributed by atoms with Gasteiger partial charge in [-0.2, -0.15) is 0 Å². The number of aromatic nitrogens is 1. The van der Waals surface area contributed by atoms with E-state index in [-0.39, 0.29) is 31.0 Å². The molecule has 172 valence electrons. The van der Waals surface area contributed by atoms with E-state index in [4.69, 9.17) is 4.74 Å². The zero-order chi connectivity index (χ0) is 22.9. The monoisotopic (exact) mass is 463 g/mol. The first-order chi connectivity index (χ1) is 16.1. The third kappa shape index (κ3) is 4.06. The van der Waals surface area contributed by atoms with Gasteiger partial charge in [0.15, 0.2) is 0 Å². The van der Waals surface area contributed by atoms with Crippen LogP contribution in [0.15, 0.2) is 42.6 Å². The molecule has 1 unspecified atom stereocenters. The zero-order valence-corrected chi connectivity index (χ0v) is 19.9. The average molecular weight is 464 g/mol. The van der Waals surface area contributed by atoms with Crippen LogP contribution in [0.5, 0.6) is 0 Å². The molecule has 6 nitrogen and oxygen atoms in total. The average Bonchev–Trinajstić information content (AvgIpc) is 3.41. The molecule has 1 atom stereocenters. The Morgan fingerprint density at radius 2 is 1.91 bits per heavy atom. The smallest absolute Gasteiger partial charge is 0.318 e. The highest BCUT2D eigenvalue weighted by molar-refractivity contribution is 7.15. The molecule has 2 amide bonds. The van der Waals surface area contributed by atoms with E-state index in [1.807, 2.05) is 16.2 Å². The number of rotatable bonds is 4. The number of ether oxygens (including phenoxy) is 1. The molecule has 0 spiro atoms. The highest BCUT2D eigenvalue weighted by atomic mass is 32.1. The van der Waals surface area contributed by atoms with Crippen LogP contribution < -0.4 is 5.32 Å². The zero-order valence-electron chi connectivity index (χ0n) is 19.1. The van der Waals surface area contributed by atoms with Crippen LogP contribution in [0, 0.1) is 6.92 Å². The van der Waals surface area contributed by atoms with Gasteiger partial charge in [-0.15, -0.1) is 11.3 Å². The number of hydrogen-bond acceptors (Lipinski definition) is 4. The molecule has 0 bridgehead atoms. The Balaban J connectivity index is 1.58. The molecule has 0 radical (unpaired) electrons. The Morgan fingerprint density at radius 1 is 1.12 bits per heavy atom. The molecule has 1 aromatic carbocycles. The summed E-state index contributed by atoms with van der Waals surface area (Å²) in [5, 5.41) is 4.20. The standard InChI is InChI=1S/C26H29N3O3S/c1-17-9-11-18(12-10-17)24-21-7-5-15-28(21)25-20(19-6-3-4-8-22(19)33-25)16-29(24)26(31)27-14-13-23(30)32-2/h5,7,9-12,15,24H,3-4,6,8,13-14,16H2,1-2H3,(H,27,31). The lowest BCUT2D eigenvalue weighted by Gasteiger charge is -2.31. The molecule has 1 aliphatic heterocycles. The Hall–Kier alpha value is -3.06. The molecule has 3 heterocycles. The molecule has 2 aliphatic rings. The molecule has 1 aliphatic carbocycles. The van der Waals surface area contributed by atoms with Crippen molar-refractivity contribution in [1.82, 2.24) is 14.8 Å². The molecule has 0 saturated heterocycles. The number of nitrogens with one attached hydrogen (secondary N) is 1. The fourth-order valence-corrected chi connectivity index (χ4v) is 6.37. The molecular formula is C26H29N3O3S. The quantitative estimate of drug-likeness (QED) is 0.560. The number of carbonyl (C=O) groups is 2. The molecule has 0 saturated carbocycles. The number of thiophene rings is 1. The number of amides is 2. The SMILES string of the molecule is COC(=O)CCNC(=O)N1Cc2c(sc3c2CCCC3)-n2cccc2C1c1ccc(C)cc1. The summed E-state index contributed by atoms with van der Waals surface area (Å²) in [7, 11) is 1.36. The summed E-state index contributed by atoms with van der Waals surface area (Å²) >= 11 is 1.88. The van der Waals surface area contributed by atoms with Gasteiger partial charge in [0, 0.05) is 23.2 Å². The molecule has 33 heavy (non-hydrogen) atoms. The lowest BCUT2D eigenvalue weighted by atomic mass is 9.95. The van der Waals surface area contributed by atoms with Gasteiger partial charge in [-0.1, -0.05) is 29.8 Å². The third-order valence-electron chi connectivity index (χ3n) is 6.67. The van der Waals surface area contributed by atoms with Crippen LogP contribution in [0.3, 0.4) is 0 Å². The largest absolute Gasteiger partial charge is 0.469 e. The fourth-order valence-electron chi connectivity index (χ4n) is 4.96. The van der Waals surface area contributed by atoms with Gasteiger partial charge in [0.1, 0.15) is 5.00 Å². The predicted octanol–water partition coefficient (Wildman–Crippen LogP) is 4.90. The van der Waals surface area contributed by atoms with Crippen LogP contribution in [0.25, 0.3) is 5.00 Å². The summed E-state index contributed by atoms with van der Waals surface area (Å²) < 4.78 is 7.01. The summed E-state index contributed by atoms with van der Waals surface area (Å²) in [4.78, 5) is 28.5. The van der Waals surface area contributed by atoms with Crippen molar-refractivity contribution in [2.45, 2.75) is 51.6 Å². The van der Waals surface area contributed by atoms with Crippen LogP contribution in [0.2, 0.25) is 0 Å². The van der Waals surface area contributed by atoms with E-state index in [1.165, 1.54) is 46.5 Å². The van der Waals surface area contributed by atoms with Crippen molar-refractivity contribution in [3.05, 3.63) is 75.4 Å². The Kier molecular flexibility index (Phi) is 5.98. The van der Waals surface area contributed by atoms with Gasteiger partial charge in [-0.25, -0.2) is 4.79 Å². The Labute approximate surface area is 198 Å². The topological polar surface area (TPSA) is 63.6 Å². The number of aryl methyl sites for hydroxylation is 2. The van der Waals surface area contributed by atoms with Crippen LogP contribution in [0.1, 0.15) is 58.1 Å². The molecule has 1 N–H and O–H groups in total. The van der Waals surface area contributed by atoms with Crippen LogP contribution >= 0.6 is 11.3 Å². The molecule has 0 fully saturated rings. The number of fused-ring (bicyclic) bond motifs is 5. The first kappa shape index (κ1) is 21.8. The maximum atomic E-state index is 13.6. The molecule has 5 rings (SSSR count). The fraction of sp³-hybridized carbons (Fsp3) is 0.385. The first-order valence-electron chi connectivity index (χ1n) is 11.6. The summed E-state index contributed by atoms with van der Waals surface area (Å²) in [6.45, 7) is 2.87. The summed E-state index contributed by atoms with van der Waals surface area (Å²) in [5.41, 5.74) is 6.04. The van der Waals surface area contributed by atoms with Crippen molar-refractivity contribution in [2.75, 3.05) is 13.7 Å². The van der Waals surface area contributed by atoms with Gasteiger partial charge in [0.25, 0.3) is 0 Å². The van der Waals surface area contributed by atoms with Crippen molar-refractivity contribution >= 4 is 23.3 Å². The van der Waals surface area contributed by atoms with Gasteiger partial charge in [0.2, 0.25) is 0 Å². The number of carbonyl (C=O) groups excluding carboxylic acids is 2. The summed E-state index contributed by atoms with van der Waals surface area (Å²) in [5.74, 6) is -0.329. The Morgan fingerprint density at radius 3 is 2.70 bits per heavy atom. The minimum absolute atomic E-state index is 0.154. The maximum absolute atomic E-state index is 13.6. The number of hydrogen-bond donors (Lipinski definition) is 1. The van der Waals surface area contributed by atoms with Crippen molar-refractivity contribution in [2.24, 2.45) is 0 Å². The van der Waals surface area contributed by atoms with E-state index in [9.17, 15) is 9.59 Å². The van der Waals surface area contributed by atoms with Crippen molar-refractivity contribution in [1.29, 1.82) is 0 Å². The highest BCUT2D eigenvalue weighted by Crippen LogP contribution is 2.43. The van der Waals surface area contributed by atoms with E-state index >= 15 is 0 Å². The van der Waals surface area contributed by atoms with Gasteiger partial charge in [-0.05, 0) is 55.9 Å². The Bertz CT molecular complexity index is 1180. The predicted molar refractivity (Wildman–Crippen MR) is 129 cm³/mol. The molecule has 3 aromatic rings. The van der Waals surface area contributed by atoms with Gasteiger partial charge in [-0.3, -0.25) is 4.79 Å². The highest BCUT2D eigenvalue weighted by Gasteiger charge is 2.35. The second-order valence-corrected chi connectivity index (χ2v) is 9.88. The van der Waals surface area contributed by atoms with E-state index in [1.54, 1.807) is 0 Å². The second-order valence-electron chi connectivity index (χ2n) is 8.80.